The van der Waals surface area contributed by atoms with Crippen LogP contribution in [0.15, 0.2) is 60.7 Å². The molecule has 7 heteroatoms. The van der Waals surface area contributed by atoms with Crippen LogP contribution in [-0.4, -0.2) is 33.4 Å². The zero-order valence-corrected chi connectivity index (χ0v) is 14.3. The average molecular weight is 363 g/mol. The Hall–Kier alpha value is -3.61. The van der Waals surface area contributed by atoms with Crippen molar-refractivity contribution < 1.29 is 19.4 Å². The SMILES string of the molecule is O=C(O)c1cc(C(=O)N[C@H]2CCOc3ccccc32)n(-c2ccccc2)n1. The van der Waals surface area contributed by atoms with Gasteiger partial charge in [-0.15, -0.1) is 0 Å². The fourth-order valence-electron chi connectivity index (χ4n) is 3.14. The summed E-state index contributed by atoms with van der Waals surface area (Å²) in [6.07, 6.45) is 0.633. The first-order chi connectivity index (χ1) is 13.1. The summed E-state index contributed by atoms with van der Waals surface area (Å²) in [5.41, 5.74) is 1.50. The summed E-state index contributed by atoms with van der Waals surface area (Å²) in [5, 5.41) is 16.3. The number of hydrogen-bond acceptors (Lipinski definition) is 4. The quantitative estimate of drug-likeness (QED) is 0.743. The third-order valence-corrected chi connectivity index (χ3v) is 4.43. The Bertz CT molecular complexity index is 997. The Morgan fingerprint density at radius 1 is 1.11 bits per heavy atom. The van der Waals surface area contributed by atoms with E-state index < -0.39 is 5.97 Å². The number of aromatic carboxylic acids is 1. The second-order valence-electron chi connectivity index (χ2n) is 6.17. The smallest absolute Gasteiger partial charge is 0.356 e. The average Bonchev–Trinajstić information content (AvgIpc) is 3.15. The summed E-state index contributed by atoms with van der Waals surface area (Å²) in [4.78, 5) is 24.3. The molecular weight excluding hydrogens is 346 g/mol. The molecule has 0 spiro atoms. The van der Waals surface area contributed by atoms with Crippen LogP contribution in [0.3, 0.4) is 0 Å². The lowest BCUT2D eigenvalue weighted by Crippen LogP contribution is -2.33. The number of hydrogen-bond donors (Lipinski definition) is 2. The van der Waals surface area contributed by atoms with Crippen molar-refractivity contribution in [3.05, 3.63) is 77.6 Å². The standard InChI is InChI=1S/C20H17N3O4/c24-19(21-15-10-11-27-18-9-5-4-8-14(15)18)17-12-16(20(25)26)22-23(17)13-6-2-1-3-7-13/h1-9,12,15H,10-11H2,(H,21,24)(H,25,26)/t15-/m0/s1. The van der Waals surface area contributed by atoms with Crippen molar-refractivity contribution >= 4 is 11.9 Å². The topological polar surface area (TPSA) is 93.5 Å². The van der Waals surface area contributed by atoms with Crippen molar-refractivity contribution in [1.29, 1.82) is 0 Å². The van der Waals surface area contributed by atoms with Crippen LogP contribution in [-0.2, 0) is 0 Å². The minimum Gasteiger partial charge on any atom is -0.493 e. The Morgan fingerprint density at radius 3 is 2.63 bits per heavy atom. The zero-order chi connectivity index (χ0) is 18.8. The maximum atomic E-state index is 12.9. The summed E-state index contributed by atoms with van der Waals surface area (Å²) in [7, 11) is 0. The predicted octanol–water partition coefficient (Wildman–Crippen LogP) is 2.82. The van der Waals surface area contributed by atoms with Gasteiger partial charge in [-0.05, 0) is 18.2 Å². The largest absolute Gasteiger partial charge is 0.493 e. The van der Waals surface area contributed by atoms with Crippen molar-refractivity contribution in [2.45, 2.75) is 12.5 Å². The number of amides is 1. The number of carbonyl (C=O) groups excluding carboxylic acids is 1. The van der Waals surface area contributed by atoms with Crippen LogP contribution in [0.1, 0.15) is 39.0 Å². The van der Waals surface area contributed by atoms with E-state index in [0.717, 1.165) is 11.3 Å². The molecule has 1 amide bonds. The molecule has 4 rings (SSSR count). The molecule has 0 bridgehead atoms. The van der Waals surface area contributed by atoms with Gasteiger partial charge in [0.25, 0.3) is 5.91 Å². The Kier molecular flexibility index (Phi) is 4.33. The molecule has 2 heterocycles. The fraction of sp³-hybridized carbons (Fsp3) is 0.150. The van der Waals surface area contributed by atoms with E-state index in [4.69, 9.17) is 4.74 Å². The van der Waals surface area contributed by atoms with Gasteiger partial charge in [-0.2, -0.15) is 5.10 Å². The van der Waals surface area contributed by atoms with Crippen LogP contribution in [0.2, 0.25) is 0 Å². The fourth-order valence-corrected chi connectivity index (χ4v) is 3.14. The molecule has 0 saturated heterocycles. The van der Waals surface area contributed by atoms with Crippen LogP contribution in [0, 0.1) is 0 Å². The van der Waals surface area contributed by atoms with Gasteiger partial charge in [-0.1, -0.05) is 36.4 Å². The molecule has 0 unspecified atom stereocenters. The number of benzene rings is 2. The van der Waals surface area contributed by atoms with E-state index in [2.05, 4.69) is 10.4 Å². The molecule has 136 valence electrons. The number of fused-ring (bicyclic) bond motifs is 1. The van der Waals surface area contributed by atoms with E-state index in [0.29, 0.717) is 18.7 Å². The second-order valence-corrected chi connectivity index (χ2v) is 6.17. The van der Waals surface area contributed by atoms with E-state index in [-0.39, 0.29) is 23.3 Å². The highest BCUT2D eigenvalue weighted by molar-refractivity contribution is 5.96. The zero-order valence-electron chi connectivity index (χ0n) is 14.3. The van der Waals surface area contributed by atoms with Crippen molar-refractivity contribution in [3.63, 3.8) is 0 Å². The highest BCUT2D eigenvalue weighted by atomic mass is 16.5. The third kappa shape index (κ3) is 3.27. The van der Waals surface area contributed by atoms with Gasteiger partial charge in [0.15, 0.2) is 5.69 Å². The number of para-hydroxylation sites is 2. The number of nitrogens with one attached hydrogen (secondary N) is 1. The molecule has 0 fully saturated rings. The summed E-state index contributed by atoms with van der Waals surface area (Å²) in [6.45, 7) is 0.500. The number of carboxylic acid groups (broad SMARTS) is 1. The molecule has 0 radical (unpaired) electrons. The Labute approximate surface area is 155 Å². The van der Waals surface area contributed by atoms with Crippen LogP contribution < -0.4 is 10.1 Å². The van der Waals surface area contributed by atoms with Crippen LogP contribution in [0.5, 0.6) is 5.75 Å². The number of nitrogens with zero attached hydrogens (tertiary/aromatic N) is 2. The lowest BCUT2D eigenvalue weighted by atomic mass is 10.0. The molecule has 0 aliphatic carbocycles. The number of ether oxygens (including phenoxy) is 1. The van der Waals surface area contributed by atoms with Gasteiger partial charge >= 0.3 is 5.97 Å². The lowest BCUT2D eigenvalue weighted by Gasteiger charge is -2.26. The van der Waals surface area contributed by atoms with Crippen molar-refractivity contribution in [2.75, 3.05) is 6.61 Å². The number of carbonyl (C=O) groups is 2. The highest BCUT2D eigenvalue weighted by Gasteiger charge is 2.26. The summed E-state index contributed by atoms with van der Waals surface area (Å²) < 4.78 is 6.97. The van der Waals surface area contributed by atoms with Crippen molar-refractivity contribution in [3.8, 4) is 11.4 Å². The van der Waals surface area contributed by atoms with Gasteiger partial charge in [0, 0.05) is 18.1 Å². The van der Waals surface area contributed by atoms with E-state index in [9.17, 15) is 14.7 Å². The summed E-state index contributed by atoms with van der Waals surface area (Å²) >= 11 is 0. The third-order valence-electron chi connectivity index (χ3n) is 4.43. The summed E-state index contributed by atoms with van der Waals surface area (Å²) in [6, 6.07) is 17.6. The van der Waals surface area contributed by atoms with E-state index >= 15 is 0 Å². The molecule has 2 aromatic carbocycles. The van der Waals surface area contributed by atoms with Crippen LogP contribution in [0.25, 0.3) is 5.69 Å². The molecule has 2 N–H and O–H groups in total. The molecule has 27 heavy (non-hydrogen) atoms. The Morgan fingerprint density at radius 2 is 1.85 bits per heavy atom. The maximum Gasteiger partial charge on any atom is 0.356 e. The molecule has 0 saturated carbocycles. The van der Waals surface area contributed by atoms with Gasteiger partial charge in [0.05, 0.1) is 18.3 Å². The molecule has 1 aromatic heterocycles. The predicted molar refractivity (Wildman–Crippen MR) is 97.3 cm³/mol. The first-order valence-corrected chi connectivity index (χ1v) is 8.55. The van der Waals surface area contributed by atoms with Gasteiger partial charge in [-0.25, -0.2) is 9.48 Å². The van der Waals surface area contributed by atoms with E-state index in [1.54, 1.807) is 24.3 Å². The van der Waals surface area contributed by atoms with Crippen molar-refractivity contribution in [2.24, 2.45) is 0 Å². The molecule has 3 aromatic rings. The Balaban J connectivity index is 1.67. The molecule has 1 atom stereocenters. The molecule has 7 nitrogen and oxygen atoms in total. The van der Waals surface area contributed by atoms with Gasteiger partial charge in [0.2, 0.25) is 0 Å². The van der Waals surface area contributed by atoms with Gasteiger partial charge in [0.1, 0.15) is 11.4 Å². The number of rotatable bonds is 4. The minimum atomic E-state index is -1.19. The van der Waals surface area contributed by atoms with Crippen LogP contribution in [0.4, 0.5) is 0 Å². The van der Waals surface area contributed by atoms with Crippen LogP contribution >= 0.6 is 0 Å². The first-order valence-electron chi connectivity index (χ1n) is 8.55. The minimum absolute atomic E-state index is 0.169. The lowest BCUT2D eigenvalue weighted by molar-refractivity contribution is 0.0689. The maximum absolute atomic E-state index is 12.9. The van der Waals surface area contributed by atoms with Crippen molar-refractivity contribution in [1.82, 2.24) is 15.1 Å². The monoisotopic (exact) mass is 363 g/mol. The van der Waals surface area contributed by atoms with Gasteiger partial charge in [-0.3, -0.25) is 4.79 Å². The number of aromatic nitrogens is 2. The van der Waals surface area contributed by atoms with E-state index in [1.807, 2.05) is 30.3 Å². The molecule has 1 aliphatic heterocycles. The van der Waals surface area contributed by atoms with Gasteiger partial charge < -0.3 is 15.2 Å². The normalized spacial score (nSPS) is 15.5. The highest BCUT2D eigenvalue weighted by Crippen LogP contribution is 2.31. The van der Waals surface area contributed by atoms with E-state index in [1.165, 1.54) is 10.7 Å². The number of carboxylic acids is 1. The molecule has 1 aliphatic rings. The summed E-state index contributed by atoms with van der Waals surface area (Å²) in [5.74, 6) is -0.826. The molecular formula is C20H17N3O4. The first kappa shape index (κ1) is 16.8. The second kappa shape index (κ2) is 6.95.